The monoisotopic (exact) mass is 412 g/mol. The number of guanidine groups is 1. The molecule has 0 spiro atoms. The predicted molar refractivity (Wildman–Crippen MR) is 101 cm³/mol. The Balaban J connectivity index is 0.00000400. The number of hydrogen-bond acceptors (Lipinski definition) is 3. The Morgan fingerprint density at radius 3 is 2.38 bits per heavy atom. The van der Waals surface area contributed by atoms with Gasteiger partial charge in [0.2, 0.25) is 0 Å². The quantitative estimate of drug-likeness (QED) is 0.364. The van der Waals surface area contributed by atoms with E-state index < -0.39 is 0 Å². The number of halogens is 1. The van der Waals surface area contributed by atoms with Gasteiger partial charge in [0.15, 0.2) is 5.96 Å². The molecule has 1 fully saturated rings. The molecule has 0 aromatic heterocycles. The van der Waals surface area contributed by atoms with Gasteiger partial charge in [0.05, 0.1) is 12.1 Å². The van der Waals surface area contributed by atoms with Crippen molar-refractivity contribution in [2.75, 3.05) is 40.8 Å². The van der Waals surface area contributed by atoms with Crippen molar-refractivity contribution in [3.05, 3.63) is 0 Å². The van der Waals surface area contributed by atoms with Gasteiger partial charge in [0, 0.05) is 26.2 Å². The van der Waals surface area contributed by atoms with Crippen LogP contribution >= 0.6 is 24.0 Å². The Morgan fingerprint density at radius 1 is 1.33 bits per heavy atom. The summed E-state index contributed by atoms with van der Waals surface area (Å²) < 4.78 is 5.41. The van der Waals surface area contributed by atoms with Crippen molar-refractivity contribution in [2.24, 2.45) is 10.9 Å². The van der Waals surface area contributed by atoms with Crippen molar-refractivity contribution >= 4 is 29.9 Å². The van der Waals surface area contributed by atoms with Crippen molar-refractivity contribution in [2.45, 2.75) is 45.3 Å². The minimum Gasteiger partial charge on any atom is -0.377 e. The topological polar surface area (TPSA) is 48.9 Å². The van der Waals surface area contributed by atoms with Gasteiger partial charge in [-0.1, -0.05) is 0 Å². The van der Waals surface area contributed by atoms with Crippen LogP contribution in [0.1, 0.15) is 33.6 Å². The molecule has 0 amide bonds. The van der Waals surface area contributed by atoms with Gasteiger partial charge >= 0.3 is 0 Å². The highest BCUT2D eigenvalue weighted by atomic mass is 127. The molecule has 0 aromatic rings. The van der Waals surface area contributed by atoms with E-state index in [9.17, 15) is 0 Å². The SMILES string of the molecule is CCNC(=NCC(C)(C)OC)NCC(C1CC1)N(C)C.I. The van der Waals surface area contributed by atoms with E-state index in [1.165, 1.54) is 12.8 Å². The molecule has 1 aliphatic carbocycles. The summed E-state index contributed by atoms with van der Waals surface area (Å²) >= 11 is 0. The van der Waals surface area contributed by atoms with Gasteiger partial charge in [-0.3, -0.25) is 4.99 Å². The molecular formula is C15H33IN4O. The number of hydrogen-bond donors (Lipinski definition) is 2. The van der Waals surface area contributed by atoms with Crippen molar-refractivity contribution in [1.82, 2.24) is 15.5 Å². The number of nitrogens with zero attached hydrogens (tertiary/aromatic N) is 2. The number of methoxy groups -OCH3 is 1. The van der Waals surface area contributed by atoms with E-state index in [2.05, 4.69) is 41.5 Å². The maximum absolute atomic E-state index is 5.41. The lowest BCUT2D eigenvalue weighted by Crippen LogP contribution is -2.46. The van der Waals surface area contributed by atoms with Crippen LogP contribution in [0, 0.1) is 5.92 Å². The van der Waals surface area contributed by atoms with E-state index in [0.717, 1.165) is 25.0 Å². The van der Waals surface area contributed by atoms with Gasteiger partial charge in [0.25, 0.3) is 0 Å². The molecule has 1 unspecified atom stereocenters. The van der Waals surface area contributed by atoms with Crippen molar-refractivity contribution in [3.8, 4) is 0 Å². The molecule has 0 aliphatic heterocycles. The van der Waals surface area contributed by atoms with E-state index >= 15 is 0 Å². The molecule has 0 aromatic carbocycles. The van der Waals surface area contributed by atoms with Crippen LogP contribution in [-0.4, -0.2) is 63.3 Å². The van der Waals surface area contributed by atoms with Crippen molar-refractivity contribution in [1.29, 1.82) is 0 Å². The molecule has 0 bridgehead atoms. The highest BCUT2D eigenvalue weighted by Gasteiger charge is 2.32. The number of ether oxygens (including phenoxy) is 1. The second kappa shape index (κ2) is 9.84. The van der Waals surface area contributed by atoms with E-state index in [1.54, 1.807) is 7.11 Å². The Bertz CT molecular complexity index is 315. The third kappa shape index (κ3) is 8.21. The van der Waals surface area contributed by atoms with Crippen molar-refractivity contribution < 1.29 is 4.74 Å². The smallest absolute Gasteiger partial charge is 0.191 e. The summed E-state index contributed by atoms with van der Waals surface area (Å²) in [7, 11) is 6.04. The van der Waals surface area contributed by atoms with Crippen LogP contribution in [0.5, 0.6) is 0 Å². The molecule has 2 N–H and O–H groups in total. The minimum absolute atomic E-state index is 0. The highest BCUT2D eigenvalue weighted by molar-refractivity contribution is 14.0. The fourth-order valence-corrected chi connectivity index (χ4v) is 2.13. The van der Waals surface area contributed by atoms with Gasteiger partial charge in [0.1, 0.15) is 0 Å². The number of nitrogens with one attached hydrogen (secondary N) is 2. The zero-order valence-electron chi connectivity index (χ0n) is 14.4. The average Bonchev–Trinajstić information content (AvgIpc) is 3.20. The Kier molecular flexibility index (Phi) is 9.80. The second-order valence-electron chi connectivity index (χ2n) is 6.41. The van der Waals surface area contributed by atoms with Crippen LogP contribution in [0.15, 0.2) is 4.99 Å². The molecule has 6 heteroatoms. The van der Waals surface area contributed by atoms with Crippen LogP contribution in [0.2, 0.25) is 0 Å². The maximum atomic E-state index is 5.41. The molecular weight excluding hydrogens is 379 g/mol. The van der Waals surface area contributed by atoms with Gasteiger partial charge in [-0.2, -0.15) is 0 Å². The number of likely N-dealkylation sites (N-methyl/N-ethyl adjacent to an activating group) is 1. The highest BCUT2D eigenvalue weighted by Crippen LogP contribution is 2.34. The first kappa shape index (κ1) is 20.9. The average molecular weight is 412 g/mol. The largest absolute Gasteiger partial charge is 0.377 e. The molecule has 0 radical (unpaired) electrons. The standard InChI is InChI=1S/C15H32N4O.HI/c1-7-16-14(18-11-15(2,3)20-6)17-10-13(19(4)5)12-8-9-12;/h12-13H,7-11H2,1-6H3,(H2,16,17,18);1H. The summed E-state index contributed by atoms with van der Waals surface area (Å²) in [5.41, 5.74) is -0.222. The summed E-state index contributed by atoms with van der Waals surface area (Å²) in [6, 6.07) is 0.592. The second-order valence-corrected chi connectivity index (χ2v) is 6.41. The zero-order chi connectivity index (χ0) is 15.2. The summed E-state index contributed by atoms with van der Waals surface area (Å²) in [6.07, 6.45) is 2.71. The lowest BCUT2D eigenvalue weighted by Gasteiger charge is -2.26. The van der Waals surface area contributed by atoms with Crippen molar-refractivity contribution in [3.63, 3.8) is 0 Å². The molecule has 0 heterocycles. The first-order valence-corrected chi connectivity index (χ1v) is 7.63. The molecule has 1 rings (SSSR count). The molecule has 1 atom stereocenters. The van der Waals surface area contributed by atoms with E-state index in [0.29, 0.717) is 12.6 Å². The summed E-state index contributed by atoms with van der Waals surface area (Å²) in [5, 5.41) is 6.76. The van der Waals surface area contributed by atoms with E-state index in [-0.39, 0.29) is 29.6 Å². The third-order valence-corrected chi connectivity index (χ3v) is 3.82. The van der Waals surface area contributed by atoms with Crippen LogP contribution < -0.4 is 10.6 Å². The minimum atomic E-state index is -0.222. The number of rotatable bonds is 8. The number of aliphatic imine (C=N–C) groups is 1. The Labute approximate surface area is 147 Å². The van der Waals surface area contributed by atoms with E-state index in [1.807, 2.05) is 13.8 Å². The fraction of sp³-hybridized carbons (Fsp3) is 0.933. The third-order valence-electron chi connectivity index (χ3n) is 3.82. The molecule has 1 aliphatic rings. The molecule has 5 nitrogen and oxygen atoms in total. The van der Waals surface area contributed by atoms with E-state index in [4.69, 9.17) is 4.74 Å². The fourth-order valence-electron chi connectivity index (χ4n) is 2.13. The van der Waals surface area contributed by atoms with Gasteiger partial charge < -0.3 is 20.3 Å². The first-order valence-electron chi connectivity index (χ1n) is 7.63. The maximum Gasteiger partial charge on any atom is 0.191 e. The first-order chi connectivity index (χ1) is 9.39. The van der Waals surface area contributed by atoms with Crippen LogP contribution in [-0.2, 0) is 4.74 Å². The van der Waals surface area contributed by atoms with Gasteiger partial charge in [-0.15, -0.1) is 24.0 Å². The van der Waals surface area contributed by atoms with Gasteiger partial charge in [-0.05, 0) is 53.6 Å². The Hall–Kier alpha value is -0.0800. The molecule has 21 heavy (non-hydrogen) atoms. The van der Waals surface area contributed by atoms with Crippen LogP contribution in [0.4, 0.5) is 0 Å². The molecule has 1 saturated carbocycles. The van der Waals surface area contributed by atoms with Crippen LogP contribution in [0.3, 0.4) is 0 Å². The summed E-state index contributed by atoms with van der Waals surface area (Å²) in [4.78, 5) is 6.93. The van der Waals surface area contributed by atoms with Crippen LogP contribution in [0.25, 0.3) is 0 Å². The lowest BCUT2D eigenvalue weighted by molar-refractivity contribution is 0.0310. The predicted octanol–water partition coefficient (Wildman–Crippen LogP) is 1.92. The van der Waals surface area contributed by atoms with Gasteiger partial charge in [-0.25, -0.2) is 0 Å². The zero-order valence-corrected chi connectivity index (χ0v) is 16.7. The summed E-state index contributed by atoms with van der Waals surface area (Å²) in [5.74, 6) is 1.72. The summed E-state index contributed by atoms with van der Waals surface area (Å²) in [6.45, 7) is 8.64. The molecule has 126 valence electrons. The molecule has 0 saturated heterocycles. The normalized spacial score (nSPS) is 17.4. The Morgan fingerprint density at radius 2 is 1.95 bits per heavy atom. The lowest BCUT2D eigenvalue weighted by atomic mass is 10.1.